The van der Waals surface area contributed by atoms with E-state index in [1.807, 2.05) is 0 Å². The van der Waals surface area contributed by atoms with E-state index in [0.717, 1.165) is 22.7 Å². The highest BCUT2D eigenvalue weighted by Gasteiger charge is 2.18. The first-order chi connectivity index (χ1) is 25.8. The molecule has 0 saturated heterocycles. The van der Waals surface area contributed by atoms with Crippen LogP contribution >= 0.6 is 0 Å². The van der Waals surface area contributed by atoms with Crippen molar-refractivity contribution >= 4 is 60.4 Å². The number of benzene rings is 9. The third kappa shape index (κ3) is 5.04. The van der Waals surface area contributed by atoms with Crippen LogP contribution < -0.4 is 4.90 Å². The van der Waals surface area contributed by atoms with Gasteiger partial charge in [0, 0.05) is 33.2 Å². The average Bonchev–Trinajstić information content (AvgIpc) is 3.57. The van der Waals surface area contributed by atoms with Crippen molar-refractivity contribution in [3.63, 3.8) is 0 Å². The second-order valence-corrected chi connectivity index (χ2v) is 13.4. The monoisotopic (exact) mass is 662 g/mol. The van der Waals surface area contributed by atoms with Gasteiger partial charge in [-0.3, -0.25) is 0 Å². The smallest absolute Gasteiger partial charge is 0.0547 e. The van der Waals surface area contributed by atoms with Crippen molar-refractivity contribution in [1.82, 2.24) is 4.57 Å². The maximum atomic E-state index is 2.42. The zero-order valence-electron chi connectivity index (χ0n) is 28.5. The number of aromatic nitrogens is 1. The second kappa shape index (κ2) is 12.5. The summed E-state index contributed by atoms with van der Waals surface area (Å²) < 4.78 is 2.42. The van der Waals surface area contributed by atoms with Crippen LogP contribution in [0.15, 0.2) is 206 Å². The molecule has 0 N–H and O–H groups in total. The molecule has 52 heavy (non-hydrogen) atoms. The fourth-order valence-electron chi connectivity index (χ4n) is 7.90. The number of anilines is 3. The van der Waals surface area contributed by atoms with Crippen LogP contribution in [0.25, 0.3) is 71.3 Å². The lowest BCUT2D eigenvalue weighted by atomic mass is 10.0. The van der Waals surface area contributed by atoms with Gasteiger partial charge in [-0.1, -0.05) is 152 Å². The molecule has 0 saturated carbocycles. The summed E-state index contributed by atoms with van der Waals surface area (Å²) in [6.07, 6.45) is 0. The first-order valence-corrected chi connectivity index (χ1v) is 17.9. The molecule has 0 unspecified atom stereocenters. The maximum absolute atomic E-state index is 2.42. The Morgan fingerprint density at radius 3 is 1.56 bits per heavy atom. The minimum atomic E-state index is 1.11. The minimum Gasteiger partial charge on any atom is -0.310 e. The number of nitrogens with zero attached hydrogens (tertiary/aromatic N) is 2. The van der Waals surface area contributed by atoms with E-state index in [0.29, 0.717) is 0 Å². The Bertz CT molecular complexity index is 2790. The van der Waals surface area contributed by atoms with Crippen LogP contribution in [0.2, 0.25) is 0 Å². The second-order valence-electron chi connectivity index (χ2n) is 13.4. The molecular weight excluding hydrogens is 629 g/mol. The molecule has 0 amide bonds. The predicted octanol–water partition coefficient (Wildman–Crippen LogP) is 13.9. The normalized spacial score (nSPS) is 11.5. The Labute approximate surface area is 303 Å². The van der Waals surface area contributed by atoms with Crippen LogP contribution in [-0.2, 0) is 0 Å². The molecule has 0 fully saturated rings. The predicted molar refractivity (Wildman–Crippen MR) is 221 cm³/mol. The van der Waals surface area contributed by atoms with E-state index in [1.165, 1.54) is 65.6 Å². The van der Waals surface area contributed by atoms with E-state index < -0.39 is 0 Å². The molecule has 0 aliphatic rings. The van der Waals surface area contributed by atoms with Crippen LogP contribution in [0.4, 0.5) is 17.1 Å². The van der Waals surface area contributed by atoms with E-state index in [9.17, 15) is 0 Å². The van der Waals surface area contributed by atoms with Crippen LogP contribution in [0, 0.1) is 0 Å². The molecule has 10 rings (SSSR count). The number of hydrogen-bond acceptors (Lipinski definition) is 1. The molecule has 0 radical (unpaired) electrons. The summed E-state index contributed by atoms with van der Waals surface area (Å²) in [5.41, 5.74) is 11.8. The lowest BCUT2D eigenvalue weighted by Crippen LogP contribution is -2.10. The van der Waals surface area contributed by atoms with Crippen molar-refractivity contribution in [2.24, 2.45) is 0 Å². The van der Waals surface area contributed by atoms with Gasteiger partial charge in [0.25, 0.3) is 0 Å². The van der Waals surface area contributed by atoms with Crippen molar-refractivity contribution in [2.75, 3.05) is 4.90 Å². The van der Waals surface area contributed by atoms with E-state index in [2.05, 4.69) is 216 Å². The molecule has 2 nitrogen and oxygen atoms in total. The van der Waals surface area contributed by atoms with Crippen molar-refractivity contribution < 1.29 is 0 Å². The molecule has 9 aromatic carbocycles. The summed E-state index contributed by atoms with van der Waals surface area (Å²) in [7, 11) is 0. The number of fused-ring (bicyclic) bond motifs is 6. The summed E-state index contributed by atoms with van der Waals surface area (Å²) in [6, 6.07) is 74.6. The molecule has 0 spiro atoms. The van der Waals surface area contributed by atoms with Crippen LogP contribution in [0.3, 0.4) is 0 Å². The largest absolute Gasteiger partial charge is 0.310 e. The average molecular weight is 663 g/mol. The number of rotatable bonds is 6. The highest BCUT2D eigenvalue weighted by molar-refractivity contribution is 6.21. The molecule has 1 aromatic heterocycles. The maximum Gasteiger partial charge on any atom is 0.0547 e. The summed E-state index contributed by atoms with van der Waals surface area (Å²) in [5.74, 6) is 0. The molecule has 0 aliphatic carbocycles. The summed E-state index contributed by atoms with van der Waals surface area (Å²) in [5, 5.41) is 7.49. The summed E-state index contributed by atoms with van der Waals surface area (Å²) >= 11 is 0. The highest BCUT2D eigenvalue weighted by Crippen LogP contribution is 2.42. The third-order valence-electron chi connectivity index (χ3n) is 10.4. The van der Waals surface area contributed by atoms with Gasteiger partial charge in [-0.2, -0.15) is 0 Å². The first kappa shape index (κ1) is 30.0. The lowest BCUT2D eigenvalue weighted by Gasteiger charge is -2.27. The Morgan fingerprint density at radius 2 is 0.885 bits per heavy atom. The van der Waals surface area contributed by atoms with E-state index in [-0.39, 0.29) is 0 Å². The molecule has 1 heterocycles. The van der Waals surface area contributed by atoms with Gasteiger partial charge in [0.1, 0.15) is 0 Å². The first-order valence-electron chi connectivity index (χ1n) is 17.9. The molecule has 0 bridgehead atoms. The van der Waals surface area contributed by atoms with Gasteiger partial charge in [-0.25, -0.2) is 0 Å². The molecule has 10 aromatic rings. The van der Waals surface area contributed by atoms with Crippen LogP contribution in [-0.4, -0.2) is 4.57 Å². The van der Waals surface area contributed by atoms with Crippen molar-refractivity contribution in [3.8, 4) is 27.9 Å². The SMILES string of the molecule is c1ccc(-c2ccc(N(c3ccc(-c4ccccc4)cc3)c3cccc4cc(-n5c6ccccc6c6c7ccccc7ccc65)ccc34)cc2)cc1. The van der Waals surface area contributed by atoms with E-state index in [1.54, 1.807) is 0 Å². The summed E-state index contributed by atoms with van der Waals surface area (Å²) in [4.78, 5) is 2.39. The fraction of sp³-hybridized carbons (Fsp3) is 0. The minimum absolute atomic E-state index is 1.11. The Hall–Kier alpha value is -6.90. The standard InChI is InChI=1S/C50H34N2/c1-3-12-35(13-4-1)37-22-27-41(28-23-37)51(42-29-24-38(25-30-42)36-14-5-2-6-15-36)47-21-11-17-40-34-43(31-32-44(40)47)52-48-20-10-9-19-46(48)50-45-18-8-7-16-39(45)26-33-49(50)52/h1-34H. The van der Waals surface area contributed by atoms with Crippen molar-refractivity contribution in [3.05, 3.63) is 206 Å². The highest BCUT2D eigenvalue weighted by atomic mass is 15.1. The quantitative estimate of drug-likeness (QED) is 0.172. The molecule has 0 aliphatic heterocycles. The van der Waals surface area contributed by atoms with E-state index in [4.69, 9.17) is 0 Å². The van der Waals surface area contributed by atoms with E-state index >= 15 is 0 Å². The van der Waals surface area contributed by atoms with Crippen molar-refractivity contribution in [2.45, 2.75) is 0 Å². The van der Waals surface area contributed by atoms with Gasteiger partial charge in [-0.15, -0.1) is 0 Å². The number of hydrogen-bond donors (Lipinski definition) is 0. The van der Waals surface area contributed by atoms with Gasteiger partial charge in [0.2, 0.25) is 0 Å². The van der Waals surface area contributed by atoms with Crippen LogP contribution in [0.5, 0.6) is 0 Å². The molecular formula is C50H34N2. The Balaban J connectivity index is 1.13. The zero-order valence-corrected chi connectivity index (χ0v) is 28.5. The third-order valence-corrected chi connectivity index (χ3v) is 10.4. The van der Waals surface area contributed by atoms with Gasteiger partial charge >= 0.3 is 0 Å². The molecule has 2 heteroatoms. The van der Waals surface area contributed by atoms with Gasteiger partial charge in [0.15, 0.2) is 0 Å². The summed E-state index contributed by atoms with van der Waals surface area (Å²) in [6.45, 7) is 0. The van der Waals surface area contributed by atoms with Gasteiger partial charge < -0.3 is 9.47 Å². The number of para-hydroxylation sites is 1. The Morgan fingerprint density at radius 1 is 0.327 bits per heavy atom. The molecule has 0 atom stereocenters. The van der Waals surface area contributed by atoms with Gasteiger partial charge in [0.05, 0.1) is 16.7 Å². The topological polar surface area (TPSA) is 8.17 Å². The van der Waals surface area contributed by atoms with Gasteiger partial charge in [-0.05, 0) is 93.0 Å². The van der Waals surface area contributed by atoms with Crippen LogP contribution in [0.1, 0.15) is 0 Å². The zero-order chi connectivity index (χ0) is 34.4. The fourth-order valence-corrected chi connectivity index (χ4v) is 7.90. The molecule has 244 valence electrons. The lowest BCUT2D eigenvalue weighted by molar-refractivity contribution is 1.19. The van der Waals surface area contributed by atoms with Crippen molar-refractivity contribution in [1.29, 1.82) is 0 Å². The Kier molecular flexibility index (Phi) is 7.18.